The van der Waals surface area contributed by atoms with Gasteiger partial charge in [-0.25, -0.2) is 5.43 Å². The van der Waals surface area contributed by atoms with Gasteiger partial charge in [0.15, 0.2) is 6.61 Å². The second-order valence-corrected chi connectivity index (χ2v) is 5.09. The van der Waals surface area contributed by atoms with Crippen molar-refractivity contribution in [3.05, 3.63) is 69.8 Å². The Kier molecular flexibility index (Phi) is 5.62. The van der Waals surface area contributed by atoms with Crippen LogP contribution in [0, 0.1) is 17.0 Å². The smallest absolute Gasteiger partial charge is 0.277 e. The number of hydrazone groups is 1. The summed E-state index contributed by atoms with van der Waals surface area (Å²) >= 11 is 0. The highest BCUT2D eigenvalue weighted by Gasteiger charge is 2.08. The van der Waals surface area contributed by atoms with Gasteiger partial charge in [-0.3, -0.25) is 14.9 Å². The Bertz CT molecular complexity index is 787. The minimum absolute atomic E-state index is 0.0312. The molecule has 124 valence electrons. The van der Waals surface area contributed by atoms with Crippen LogP contribution in [0.2, 0.25) is 0 Å². The molecule has 0 unspecified atom stereocenters. The number of nitrogens with one attached hydrogen (secondary N) is 1. The Morgan fingerprint density at radius 1 is 1.25 bits per heavy atom. The monoisotopic (exact) mass is 327 g/mol. The topological polar surface area (TPSA) is 93.8 Å². The van der Waals surface area contributed by atoms with Crippen LogP contribution in [0.15, 0.2) is 53.6 Å². The fraction of sp³-hybridized carbons (Fsp3) is 0.176. The van der Waals surface area contributed by atoms with Gasteiger partial charge in [-0.05, 0) is 25.5 Å². The summed E-state index contributed by atoms with van der Waals surface area (Å²) < 4.78 is 5.42. The average Bonchev–Trinajstić information content (AvgIpc) is 2.59. The average molecular weight is 327 g/mol. The number of hydrogen-bond acceptors (Lipinski definition) is 5. The first-order chi connectivity index (χ1) is 11.5. The van der Waals surface area contributed by atoms with E-state index in [9.17, 15) is 14.9 Å². The van der Waals surface area contributed by atoms with Crippen LogP contribution in [-0.2, 0) is 4.79 Å². The summed E-state index contributed by atoms with van der Waals surface area (Å²) in [6.45, 7) is 3.37. The molecule has 7 nitrogen and oxygen atoms in total. The fourth-order valence-electron chi connectivity index (χ4n) is 1.95. The highest BCUT2D eigenvalue weighted by molar-refractivity contribution is 5.99. The molecule has 0 radical (unpaired) electrons. The van der Waals surface area contributed by atoms with Gasteiger partial charge in [-0.15, -0.1) is 0 Å². The number of aryl methyl sites for hydroxylation is 1. The maximum atomic E-state index is 11.8. The molecule has 0 aliphatic rings. The first-order valence-corrected chi connectivity index (χ1v) is 7.24. The number of para-hydroxylation sites is 1. The van der Waals surface area contributed by atoms with Crippen molar-refractivity contribution in [2.24, 2.45) is 5.10 Å². The third kappa shape index (κ3) is 4.64. The fourth-order valence-corrected chi connectivity index (χ4v) is 1.95. The van der Waals surface area contributed by atoms with Crippen molar-refractivity contribution in [3.63, 3.8) is 0 Å². The zero-order valence-corrected chi connectivity index (χ0v) is 13.4. The number of nitro benzene ring substituents is 1. The number of nitrogens with zero attached hydrogens (tertiary/aromatic N) is 2. The van der Waals surface area contributed by atoms with E-state index >= 15 is 0 Å². The van der Waals surface area contributed by atoms with E-state index in [4.69, 9.17) is 4.74 Å². The van der Waals surface area contributed by atoms with Crippen molar-refractivity contribution in [1.29, 1.82) is 0 Å². The minimum atomic E-state index is -0.481. The lowest BCUT2D eigenvalue weighted by atomic mass is 10.1. The van der Waals surface area contributed by atoms with Crippen LogP contribution in [0.25, 0.3) is 0 Å². The van der Waals surface area contributed by atoms with E-state index in [1.165, 1.54) is 12.1 Å². The van der Waals surface area contributed by atoms with Crippen molar-refractivity contribution in [2.45, 2.75) is 13.8 Å². The van der Waals surface area contributed by atoms with E-state index < -0.39 is 10.8 Å². The Hall–Kier alpha value is -3.22. The standard InChI is InChI=1S/C17H17N3O4/c1-12-6-3-4-9-16(12)24-11-17(21)19-18-13(2)14-7-5-8-15(10-14)20(22)23/h3-10H,11H2,1-2H3,(H,19,21)/b18-13+. The maximum absolute atomic E-state index is 11.8. The summed E-state index contributed by atoms with van der Waals surface area (Å²) in [6.07, 6.45) is 0. The number of nitro groups is 1. The van der Waals surface area contributed by atoms with Crippen LogP contribution in [0.1, 0.15) is 18.1 Å². The first kappa shape index (κ1) is 17.1. The molecule has 1 amide bonds. The normalized spacial score (nSPS) is 11.0. The molecule has 2 aromatic carbocycles. The van der Waals surface area contributed by atoms with E-state index in [1.54, 1.807) is 25.1 Å². The number of ether oxygens (including phenoxy) is 1. The number of amides is 1. The molecule has 0 bridgehead atoms. The summed E-state index contributed by atoms with van der Waals surface area (Å²) in [5.74, 6) is 0.218. The SMILES string of the molecule is C/C(=N\NC(=O)COc1ccccc1C)c1cccc([N+](=O)[O-])c1. The molecular weight excluding hydrogens is 310 g/mol. The molecule has 2 aromatic rings. The Balaban J connectivity index is 1.94. The molecule has 0 heterocycles. The van der Waals surface area contributed by atoms with Crippen LogP contribution >= 0.6 is 0 Å². The molecule has 0 aliphatic carbocycles. The second-order valence-electron chi connectivity index (χ2n) is 5.09. The van der Waals surface area contributed by atoms with E-state index in [0.717, 1.165) is 5.56 Å². The molecule has 0 aromatic heterocycles. The van der Waals surface area contributed by atoms with Gasteiger partial charge in [-0.1, -0.05) is 30.3 Å². The zero-order valence-electron chi connectivity index (χ0n) is 13.4. The summed E-state index contributed by atoms with van der Waals surface area (Å²) in [5.41, 5.74) is 4.29. The molecule has 0 aliphatic heterocycles. The van der Waals surface area contributed by atoms with Gasteiger partial charge >= 0.3 is 0 Å². The van der Waals surface area contributed by atoms with Gasteiger partial charge < -0.3 is 4.74 Å². The van der Waals surface area contributed by atoms with Crippen LogP contribution in [0.4, 0.5) is 5.69 Å². The van der Waals surface area contributed by atoms with E-state index in [-0.39, 0.29) is 12.3 Å². The molecule has 24 heavy (non-hydrogen) atoms. The minimum Gasteiger partial charge on any atom is -0.483 e. The van der Waals surface area contributed by atoms with Crippen LogP contribution in [-0.4, -0.2) is 23.1 Å². The summed E-state index contributed by atoms with van der Waals surface area (Å²) in [6, 6.07) is 13.4. The third-order valence-corrected chi connectivity index (χ3v) is 3.28. The number of rotatable bonds is 6. The molecule has 7 heteroatoms. The lowest BCUT2D eigenvalue weighted by Gasteiger charge is -2.08. The number of hydrogen-bond donors (Lipinski definition) is 1. The number of non-ortho nitro benzene ring substituents is 1. The second kappa shape index (κ2) is 7.87. The van der Waals surface area contributed by atoms with Crippen LogP contribution in [0.5, 0.6) is 5.75 Å². The largest absolute Gasteiger partial charge is 0.483 e. The molecule has 2 rings (SSSR count). The highest BCUT2D eigenvalue weighted by Crippen LogP contribution is 2.16. The lowest BCUT2D eigenvalue weighted by Crippen LogP contribution is -2.25. The van der Waals surface area contributed by atoms with Crippen molar-refractivity contribution in [2.75, 3.05) is 6.61 Å². The predicted molar refractivity (Wildman–Crippen MR) is 90.1 cm³/mol. The van der Waals surface area contributed by atoms with Crippen molar-refractivity contribution in [1.82, 2.24) is 5.43 Å². The highest BCUT2D eigenvalue weighted by atomic mass is 16.6. The molecular formula is C17H17N3O4. The van der Waals surface area contributed by atoms with Crippen LogP contribution in [0.3, 0.4) is 0 Å². The van der Waals surface area contributed by atoms with Gasteiger partial charge in [0.1, 0.15) is 5.75 Å². The molecule has 0 saturated heterocycles. The summed E-state index contributed by atoms with van der Waals surface area (Å²) in [7, 11) is 0. The van der Waals surface area contributed by atoms with Gasteiger partial charge in [0.25, 0.3) is 11.6 Å². The third-order valence-electron chi connectivity index (χ3n) is 3.28. The lowest BCUT2D eigenvalue weighted by molar-refractivity contribution is -0.384. The van der Waals surface area contributed by atoms with Crippen LogP contribution < -0.4 is 10.2 Å². The Morgan fingerprint density at radius 3 is 2.71 bits per heavy atom. The Labute approximate surface area is 139 Å². The van der Waals surface area contributed by atoms with Gasteiger partial charge in [0.2, 0.25) is 0 Å². The van der Waals surface area contributed by atoms with E-state index in [2.05, 4.69) is 10.5 Å². The first-order valence-electron chi connectivity index (χ1n) is 7.24. The summed E-state index contributed by atoms with van der Waals surface area (Å²) in [4.78, 5) is 22.1. The zero-order chi connectivity index (χ0) is 17.5. The predicted octanol–water partition coefficient (Wildman–Crippen LogP) is 2.82. The van der Waals surface area contributed by atoms with Crippen molar-refractivity contribution >= 4 is 17.3 Å². The molecule has 0 atom stereocenters. The van der Waals surface area contributed by atoms with Crippen molar-refractivity contribution < 1.29 is 14.5 Å². The number of carbonyl (C=O) groups excluding carboxylic acids is 1. The summed E-state index contributed by atoms with van der Waals surface area (Å²) in [5, 5.41) is 14.7. The van der Waals surface area contributed by atoms with E-state index in [0.29, 0.717) is 17.0 Å². The molecule has 0 spiro atoms. The van der Waals surface area contributed by atoms with E-state index in [1.807, 2.05) is 25.1 Å². The van der Waals surface area contributed by atoms with Gasteiger partial charge in [-0.2, -0.15) is 5.10 Å². The molecule has 0 saturated carbocycles. The van der Waals surface area contributed by atoms with Gasteiger partial charge in [0.05, 0.1) is 10.6 Å². The Morgan fingerprint density at radius 2 is 2.00 bits per heavy atom. The molecule has 0 fully saturated rings. The molecule has 1 N–H and O–H groups in total. The van der Waals surface area contributed by atoms with Gasteiger partial charge in [0, 0.05) is 17.7 Å². The number of benzene rings is 2. The number of carbonyl (C=O) groups is 1. The maximum Gasteiger partial charge on any atom is 0.277 e. The van der Waals surface area contributed by atoms with Crippen molar-refractivity contribution in [3.8, 4) is 5.75 Å². The quantitative estimate of drug-likeness (QED) is 0.501.